The monoisotopic (exact) mass is 426 g/mol. The van der Waals surface area contributed by atoms with Crippen LogP contribution < -0.4 is 10.6 Å². The van der Waals surface area contributed by atoms with Crippen molar-refractivity contribution in [2.45, 2.75) is 22.6 Å². The maximum atomic E-state index is 13.6. The highest BCUT2D eigenvalue weighted by molar-refractivity contribution is 7.99. The van der Waals surface area contributed by atoms with Gasteiger partial charge in [0.1, 0.15) is 11.6 Å². The second-order valence-electron chi connectivity index (χ2n) is 6.05. The van der Waals surface area contributed by atoms with Gasteiger partial charge in [-0.25, -0.2) is 17.2 Å². The molecule has 10 heteroatoms. The molecule has 0 saturated carbocycles. The Morgan fingerprint density at radius 3 is 2.71 bits per heavy atom. The van der Waals surface area contributed by atoms with Crippen LogP contribution in [0.2, 0.25) is 0 Å². The summed E-state index contributed by atoms with van der Waals surface area (Å²) < 4.78 is 51.5. The molecule has 6 nitrogen and oxygen atoms in total. The molecule has 0 fully saturated rings. The number of rotatable bonds is 5. The Labute approximate surface area is 164 Å². The molecule has 0 aliphatic carbocycles. The third-order valence-corrected chi connectivity index (χ3v) is 6.76. The molecule has 0 bridgehead atoms. The van der Waals surface area contributed by atoms with Crippen LogP contribution >= 0.6 is 11.8 Å². The number of hydrogen-bond acceptors (Lipinski definition) is 5. The zero-order valence-corrected chi connectivity index (χ0v) is 16.1. The molecular weight excluding hydrogens is 410 g/mol. The molecule has 0 saturated heterocycles. The fourth-order valence-corrected chi connectivity index (χ4v) is 4.74. The van der Waals surface area contributed by atoms with Crippen molar-refractivity contribution in [1.29, 1.82) is 0 Å². The molecule has 148 valence electrons. The number of fused-ring (bicyclic) bond motifs is 1. The van der Waals surface area contributed by atoms with E-state index in [2.05, 4.69) is 10.6 Å². The number of thioether (sulfide) groups is 1. The number of anilines is 2. The summed E-state index contributed by atoms with van der Waals surface area (Å²) in [7, 11) is -3.80. The van der Waals surface area contributed by atoms with Gasteiger partial charge < -0.3 is 10.6 Å². The number of halogens is 2. The summed E-state index contributed by atoms with van der Waals surface area (Å²) in [6.45, 7) is 0. The van der Waals surface area contributed by atoms with Gasteiger partial charge in [-0.2, -0.15) is 0 Å². The van der Waals surface area contributed by atoms with Gasteiger partial charge in [-0.3, -0.25) is 9.59 Å². The van der Waals surface area contributed by atoms with E-state index in [0.29, 0.717) is 23.9 Å². The van der Waals surface area contributed by atoms with Crippen molar-refractivity contribution < 1.29 is 26.8 Å². The predicted octanol–water partition coefficient (Wildman–Crippen LogP) is 3.20. The smallest absolute Gasteiger partial charge is 0.225 e. The van der Waals surface area contributed by atoms with Gasteiger partial charge in [-0.1, -0.05) is 0 Å². The molecule has 0 unspecified atom stereocenters. The molecular formula is C18H16F2N2O4S2. The molecule has 2 aromatic rings. The molecule has 0 aromatic heterocycles. The fourth-order valence-electron chi connectivity index (χ4n) is 2.54. The second kappa shape index (κ2) is 8.27. The Bertz CT molecular complexity index is 1040. The third-order valence-electron chi connectivity index (χ3n) is 3.97. The van der Waals surface area contributed by atoms with E-state index in [9.17, 15) is 26.8 Å². The average Bonchev–Trinajstić information content (AvgIpc) is 2.82. The van der Waals surface area contributed by atoms with Gasteiger partial charge in [0.25, 0.3) is 0 Å². The van der Waals surface area contributed by atoms with Crippen molar-refractivity contribution in [2.24, 2.45) is 0 Å². The van der Waals surface area contributed by atoms with Crippen LogP contribution in [0.15, 0.2) is 46.2 Å². The Hall–Kier alpha value is -2.46. The first-order valence-corrected chi connectivity index (χ1v) is 10.9. The van der Waals surface area contributed by atoms with Gasteiger partial charge in [0.05, 0.1) is 22.0 Å². The standard InChI is InChI=1S/C18H16F2N2O4S2/c19-11-1-3-14(13(20)9-11)21-18(24)6-8-28(25,26)12-2-4-16-15(10-12)22-17(23)5-7-27-16/h1-4,9-10H,5-8H2,(H,21,24)(H,22,23). The lowest BCUT2D eigenvalue weighted by Crippen LogP contribution is -2.18. The van der Waals surface area contributed by atoms with E-state index in [4.69, 9.17) is 0 Å². The molecule has 1 aliphatic rings. The van der Waals surface area contributed by atoms with Crippen LogP contribution in [0.3, 0.4) is 0 Å². The highest BCUT2D eigenvalue weighted by Crippen LogP contribution is 2.33. The lowest BCUT2D eigenvalue weighted by atomic mass is 10.3. The van der Waals surface area contributed by atoms with E-state index in [0.717, 1.165) is 17.0 Å². The van der Waals surface area contributed by atoms with E-state index in [1.165, 1.54) is 23.9 Å². The lowest BCUT2D eigenvalue weighted by molar-refractivity contribution is -0.116. The number of carbonyl (C=O) groups excluding carboxylic acids is 2. The number of sulfone groups is 1. The number of nitrogens with one attached hydrogen (secondary N) is 2. The zero-order valence-electron chi connectivity index (χ0n) is 14.5. The van der Waals surface area contributed by atoms with Gasteiger partial charge in [0.15, 0.2) is 9.84 Å². The summed E-state index contributed by atoms with van der Waals surface area (Å²) in [4.78, 5) is 24.4. The molecule has 0 spiro atoms. The molecule has 2 N–H and O–H groups in total. The topological polar surface area (TPSA) is 92.3 Å². The summed E-state index contributed by atoms with van der Waals surface area (Å²) in [5, 5.41) is 4.89. The van der Waals surface area contributed by atoms with Crippen molar-refractivity contribution in [1.82, 2.24) is 0 Å². The van der Waals surface area contributed by atoms with Crippen LogP contribution in [0.25, 0.3) is 0 Å². The molecule has 0 atom stereocenters. The second-order valence-corrected chi connectivity index (χ2v) is 9.29. The van der Waals surface area contributed by atoms with Crippen molar-refractivity contribution in [2.75, 3.05) is 22.1 Å². The SMILES string of the molecule is O=C(CCS(=O)(=O)c1ccc2c(c1)NC(=O)CCS2)Nc1ccc(F)cc1F. The first-order chi connectivity index (χ1) is 13.2. The average molecular weight is 426 g/mol. The molecule has 28 heavy (non-hydrogen) atoms. The van der Waals surface area contributed by atoms with Gasteiger partial charge in [-0.15, -0.1) is 11.8 Å². The summed E-state index contributed by atoms with van der Waals surface area (Å²) >= 11 is 1.45. The zero-order chi connectivity index (χ0) is 20.3. The third kappa shape index (κ3) is 4.87. The maximum Gasteiger partial charge on any atom is 0.225 e. The minimum absolute atomic E-state index is 0.0187. The quantitative estimate of drug-likeness (QED) is 0.766. The minimum Gasteiger partial charge on any atom is -0.325 e. The van der Waals surface area contributed by atoms with E-state index >= 15 is 0 Å². The number of carbonyl (C=O) groups is 2. The molecule has 1 aliphatic heterocycles. The molecule has 1 heterocycles. The van der Waals surface area contributed by atoms with E-state index in [1.807, 2.05) is 0 Å². The van der Waals surface area contributed by atoms with Crippen LogP contribution in [0.5, 0.6) is 0 Å². The van der Waals surface area contributed by atoms with E-state index < -0.39 is 39.6 Å². The summed E-state index contributed by atoms with van der Waals surface area (Å²) in [6, 6.07) is 7.08. The predicted molar refractivity (Wildman–Crippen MR) is 102 cm³/mol. The van der Waals surface area contributed by atoms with Gasteiger partial charge in [0.2, 0.25) is 11.8 Å². The molecule has 2 amide bonds. The summed E-state index contributed by atoms with van der Waals surface area (Å²) in [6.07, 6.45) is -0.0705. The van der Waals surface area contributed by atoms with Crippen molar-refractivity contribution in [3.8, 4) is 0 Å². The number of amides is 2. The first-order valence-electron chi connectivity index (χ1n) is 8.29. The van der Waals surface area contributed by atoms with Gasteiger partial charge in [0, 0.05) is 29.6 Å². The van der Waals surface area contributed by atoms with Gasteiger partial charge in [-0.05, 0) is 30.3 Å². The number of benzene rings is 2. The van der Waals surface area contributed by atoms with Crippen molar-refractivity contribution >= 4 is 44.8 Å². The van der Waals surface area contributed by atoms with Crippen LogP contribution in [0.1, 0.15) is 12.8 Å². The van der Waals surface area contributed by atoms with Gasteiger partial charge >= 0.3 is 0 Å². The Morgan fingerprint density at radius 1 is 1.18 bits per heavy atom. The largest absolute Gasteiger partial charge is 0.325 e. The van der Waals surface area contributed by atoms with Crippen molar-refractivity contribution in [3.05, 3.63) is 48.0 Å². The van der Waals surface area contributed by atoms with E-state index in [-0.39, 0.29) is 16.5 Å². The Balaban J connectivity index is 1.68. The summed E-state index contributed by atoms with van der Waals surface area (Å²) in [5.41, 5.74) is 0.194. The normalized spacial score (nSPS) is 14.0. The van der Waals surface area contributed by atoms with Crippen LogP contribution in [-0.4, -0.2) is 31.7 Å². The molecule has 3 rings (SSSR count). The Kier molecular flexibility index (Phi) is 5.99. The highest BCUT2D eigenvalue weighted by atomic mass is 32.2. The van der Waals surface area contributed by atoms with Crippen molar-refractivity contribution in [3.63, 3.8) is 0 Å². The lowest BCUT2D eigenvalue weighted by Gasteiger charge is -2.10. The van der Waals surface area contributed by atoms with E-state index in [1.54, 1.807) is 6.07 Å². The first kappa shape index (κ1) is 20.3. The summed E-state index contributed by atoms with van der Waals surface area (Å²) in [5.74, 6) is -2.54. The van der Waals surface area contributed by atoms with Crippen LogP contribution in [0.4, 0.5) is 20.2 Å². The van der Waals surface area contributed by atoms with Crippen LogP contribution in [-0.2, 0) is 19.4 Å². The fraction of sp³-hybridized carbons (Fsp3) is 0.222. The molecule has 0 radical (unpaired) electrons. The minimum atomic E-state index is -3.80. The highest BCUT2D eigenvalue weighted by Gasteiger charge is 2.21. The Morgan fingerprint density at radius 2 is 1.96 bits per heavy atom. The molecule has 2 aromatic carbocycles. The van der Waals surface area contributed by atoms with Crippen LogP contribution in [0, 0.1) is 11.6 Å². The maximum absolute atomic E-state index is 13.6. The number of hydrogen-bond donors (Lipinski definition) is 2.